The molecule has 2 aliphatic heterocycles. The lowest BCUT2D eigenvalue weighted by Crippen LogP contribution is -2.54. The summed E-state index contributed by atoms with van der Waals surface area (Å²) in [6.45, 7) is 3.44. The molecule has 1 unspecified atom stereocenters. The predicted molar refractivity (Wildman–Crippen MR) is 97.0 cm³/mol. The fourth-order valence-electron chi connectivity index (χ4n) is 4.41. The van der Waals surface area contributed by atoms with Crippen LogP contribution in [0.25, 0.3) is 0 Å². The number of piperidine rings is 1. The molecular formula is C20H24F2N4O. The lowest BCUT2D eigenvalue weighted by molar-refractivity contribution is -0.131. The van der Waals surface area contributed by atoms with Gasteiger partial charge in [0.25, 0.3) is 0 Å². The van der Waals surface area contributed by atoms with Gasteiger partial charge < -0.3 is 10.3 Å². The molecule has 1 aromatic heterocycles. The Morgan fingerprint density at radius 2 is 1.85 bits per heavy atom. The minimum Gasteiger partial charge on any atom is -0.368 e. The molecular weight excluding hydrogens is 350 g/mol. The van der Waals surface area contributed by atoms with Gasteiger partial charge in [-0.3, -0.25) is 9.69 Å². The number of halogens is 2. The lowest BCUT2D eigenvalue weighted by atomic mass is 9.92. The first-order valence-corrected chi connectivity index (χ1v) is 9.49. The summed E-state index contributed by atoms with van der Waals surface area (Å²) in [5, 5.41) is 0. The lowest BCUT2D eigenvalue weighted by Gasteiger charge is -2.40. The summed E-state index contributed by atoms with van der Waals surface area (Å²) in [6, 6.07) is 3.41. The van der Waals surface area contributed by atoms with E-state index in [1.807, 2.05) is 17.7 Å². The zero-order valence-electron chi connectivity index (χ0n) is 15.4. The Labute approximate surface area is 157 Å². The van der Waals surface area contributed by atoms with Crippen LogP contribution in [0.3, 0.4) is 0 Å². The Bertz CT molecular complexity index is 855. The Morgan fingerprint density at radius 3 is 2.48 bits per heavy atom. The van der Waals surface area contributed by atoms with Gasteiger partial charge in [0.15, 0.2) is 0 Å². The molecule has 1 fully saturated rings. The zero-order valence-corrected chi connectivity index (χ0v) is 15.4. The normalized spacial score (nSPS) is 22.4. The predicted octanol–water partition coefficient (Wildman–Crippen LogP) is 2.88. The molecule has 1 saturated heterocycles. The number of hydrogen-bond acceptors (Lipinski definition) is 3. The SMILES string of the molecule is CC(C(N)=O)(c1cn2c(n1)CC[C@H]2c1cc(F)cc(F)c1)N1CCCCC1. The van der Waals surface area contributed by atoms with Gasteiger partial charge in [0.2, 0.25) is 5.91 Å². The Morgan fingerprint density at radius 1 is 1.19 bits per heavy atom. The zero-order chi connectivity index (χ0) is 19.2. The molecule has 144 valence electrons. The van der Waals surface area contributed by atoms with Crippen molar-refractivity contribution in [2.45, 2.75) is 50.6 Å². The molecule has 0 aliphatic carbocycles. The van der Waals surface area contributed by atoms with Gasteiger partial charge in [-0.2, -0.15) is 0 Å². The molecule has 0 spiro atoms. The number of primary amides is 1. The van der Waals surface area contributed by atoms with Crippen molar-refractivity contribution in [1.29, 1.82) is 0 Å². The van der Waals surface area contributed by atoms with E-state index in [9.17, 15) is 13.6 Å². The van der Waals surface area contributed by atoms with Gasteiger partial charge >= 0.3 is 0 Å². The molecule has 1 amide bonds. The van der Waals surface area contributed by atoms with Crippen molar-refractivity contribution in [3.8, 4) is 0 Å². The van der Waals surface area contributed by atoms with E-state index in [4.69, 9.17) is 10.7 Å². The van der Waals surface area contributed by atoms with Crippen LogP contribution in [0.1, 0.15) is 55.7 Å². The van der Waals surface area contributed by atoms with Gasteiger partial charge in [0.1, 0.15) is 23.0 Å². The van der Waals surface area contributed by atoms with Crippen molar-refractivity contribution in [1.82, 2.24) is 14.5 Å². The van der Waals surface area contributed by atoms with E-state index in [0.29, 0.717) is 17.7 Å². The summed E-state index contributed by atoms with van der Waals surface area (Å²) in [5.74, 6) is -0.776. The highest BCUT2D eigenvalue weighted by Crippen LogP contribution is 2.37. The molecule has 2 aliphatic rings. The number of aromatic nitrogens is 2. The molecule has 3 heterocycles. The van der Waals surface area contributed by atoms with Crippen molar-refractivity contribution in [3.63, 3.8) is 0 Å². The Balaban J connectivity index is 1.72. The standard InChI is InChI=1S/C20H24F2N4O/c1-20(19(23)27,25-7-3-2-4-8-25)17-12-26-16(5-6-18(26)24-17)13-9-14(21)11-15(22)10-13/h9-12,16H,2-8H2,1H3,(H2,23,27)/t16-,20?/m0/s1. The third-order valence-corrected chi connectivity index (χ3v) is 6.02. The fraction of sp³-hybridized carbons (Fsp3) is 0.500. The summed E-state index contributed by atoms with van der Waals surface area (Å²) >= 11 is 0. The smallest absolute Gasteiger partial charge is 0.243 e. The van der Waals surface area contributed by atoms with Crippen LogP contribution in [0.15, 0.2) is 24.4 Å². The summed E-state index contributed by atoms with van der Waals surface area (Å²) in [4.78, 5) is 19.2. The number of hydrogen-bond donors (Lipinski definition) is 1. The first-order chi connectivity index (χ1) is 12.9. The summed E-state index contributed by atoms with van der Waals surface area (Å²) in [6.07, 6.45) is 6.47. The van der Waals surface area contributed by atoms with E-state index in [1.165, 1.54) is 12.1 Å². The third-order valence-electron chi connectivity index (χ3n) is 6.02. The maximum atomic E-state index is 13.7. The average molecular weight is 374 g/mol. The van der Waals surface area contributed by atoms with Gasteiger partial charge in [-0.15, -0.1) is 0 Å². The molecule has 5 nitrogen and oxygen atoms in total. The van der Waals surface area contributed by atoms with Crippen LogP contribution in [0, 0.1) is 11.6 Å². The van der Waals surface area contributed by atoms with Gasteiger partial charge in [-0.1, -0.05) is 6.42 Å². The molecule has 0 saturated carbocycles. The second kappa shape index (κ2) is 6.71. The number of fused-ring (bicyclic) bond motifs is 1. The fourth-order valence-corrected chi connectivity index (χ4v) is 4.41. The van der Waals surface area contributed by atoms with E-state index in [-0.39, 0.29) is 6.04 Å². The molecule has 2 N–H and O–H groups in total. The minimum atomic E-state index is -0.977. The number of nitrogens with zero attached hydrogens (tertiary/aromatic N) is 3. The molecule has 4 rings (SSSR count). The van der Waals surface area contributed by atoms with E-state index < -0.39 is 23.1 Å². The second-order valence-electron chi connectivity index (χ2n) is 7.69. The highest BCUT2D eigenvalue weighted by Gasteiger charge is 2.43. The average Bonchev–Trinajstić information content (AvgIpc) is 3.21. The van der Waals surface area contributed by atoms with E-state index in [0.717, 1.165) is 50.7 Å². The van der Waals surface area contributed by atoms with Crippen LogP contribution in [-0.4, -0.2) is 33.4 Å². The van der Waals surface area contributed by atoms with Crippen molar-refractivity contribution >= 4 is 5.91 Å². The highest BCUT2D eigenvalue weighted by atomic mass is 19.1. The number of carbonyl (C=O) groups is 1. The summed E-state index contributed by atoms with van der Waals surface area (Å²) in [5.41, 5.74) is 6.03. The first kappa shape index (κ1) is 18.1. The summed E-state index contributed by atoms with van der Waals surface area (Å²) < 4.78 is 29.3. The second-order valence-corrected chi connectivity index (χ2v) is 7.69. The number of nitrogens with two attached hydrogens (primary N) is 1. The molecule has 1 aromatic carbocycles. The quantitative estimate of drug-likeness (QED) is 0.895. The minimum absolute atomic E-state index is 0.190. The van der Waals surface area contributed by atoms with Gasteiger partial charge in [0.05, 0.1) is 11.7 Å². The van der Waals surface area contributed by atoms with E-state index in [2.05, 4.69) is 4.90 Å². The number of carbonyl (C=O) groups excluding carboxylic acids is 1. The van der Waals surface area contributed by atoms with Gasteiger partial charge in [-0.25, -0.2) is 13.8 Å². The van der Waals surface area contributed by atoms with E-state index in [1.54, 1.807) is 0 Å². The Kier molecular flexibility index (Phi) is 4.50. The molecule has 27 heavy (non-hydrogen) atoms. The summed E-state index contributed by atoms with van der Waals surface area (Å²) in [7, 11) is 0. The van der Waals surface area contributed by atoms with Crippen LogP contribution in [0.5, 0.6) is 0 Å². The van der Waals surface area contributed by atoms with Gasteiger partial charge in [-0.05, 0) is 57.0 Å². The number of likely N-dealkylation sites (tertiary alicyclic amines) is 1. The monoisotopic (exact) mass is 374 g/mol. The maximum absolute atomic E-state index is 13.7. The maximum Gasteiger partial charge on any atom is 0.243 e. The van der Waals surface area contributed by atoms with Crippen LogP contribution >= 0.6 is 0 Å². The topological polar surface area (TPSA) is 64.2 Å². The van der Waals surface area contributed by atoms with Crippen LogP contribution in [-0.2, 0) is 16.8 Å². The number of amides is 1. The number of aryl methyl sites for hydroxylation is 1. The first-order valence-electron chi connectivity index (χ1n) is 9.49. The van der Waals surface area contributed by atoms with Crippen molar-refractivity contribution < 1.29 is 13.6 Å². The highest BCUT2D eigenvalue weighted by molar-refractivity contribution is 5.85. The molecule has 0 bridgehead atoms. The largest absolute Gasteiger partial charge is 0.368 e. The van der Waals surface area contributed by atoms with Crippen LogP contribution in [0.4, 0.5) is 8.78 Å². The van der Waals surface area contributed by atoms with Crippen molar-refractivity contribution in [3.05, 3.63) is 53.1 Å². The third kappa shape index (κ3) is 3.04. The molecule has 0 radical (unpaired) electrons. The molecule has 7 heteroatoms. The van der Waals surface area contributed by atoms with Gasteiger partial charge in [0, 0.05) is 18.7 Å². The molecule has 2 atom stereocenters. The van der Waals surface area contributed by atoms with Crippen molar-refractivity contribution in [2.75, 3.05) is 13.1 Å². The Hall–Kier alpha value is -2.28. The van der Waals surface area contributed by atoms with Crippen LogP contribution < -0.4 is 5.73 Å². The van der Waals surface area contributed by atoms with Crippen LogP contribution in [0.2, 0.25) is 0 Å². The molecule has 2 aromatic rings. The van der Waals surface area contributed by atoms with Crippen molar-refractivity contribution in [2.24, 2.45) is 5.73 Å². The number of imidazole rings is 1. The number of rotatable bonds is 4. The van der Waals surface area contributed by atoms with E-state index >= 15 is 0 Å². The number of benzene rings is 1.